The highest BCUT2D eigenvalue weighted by Gasteiger charge is 2.24. The first-order valence-electron chi connectivity index (χ1n) is 8.50. The molecule has 0 spiro atoms. The summed E-state index contributed by atoms with van der Waals surface area (Å²) in [6.45, 7) is 2.80. The molecular weight excluding hydrogens is 354 g/mol. The Labute approximate surface area is 156 Å². The van der Waals surface area contributed by atoms with Gasteiger partial charge in [-0.2, -0.15) is 4.73 Å². The third-order valence-electron chi connectivity index (χ3n) is 4.00. The van der Waals surface area contributed by atoms with Crippen molar-refractivity contribution >= 4 is 11.9 Å². The first-order chi connectivity index (χ1) is 13.2. The highest BCUT2D eigenvalue weighted by Crippen LogP contribution is 2.23. The summed E-state index contributed by atoms with van der Waals surface area (Å²) in [7, 11) is 1.37. The molecule has 0 aromatic carbocycles. The van der Waals surface area contributed by atoms with E-state index in [0.717, 1.165) is 0 Å². The standard InChI is InChI=1S/C17H21N5O5/c1-25-17(23)21-9-7-20(8-10-21)15-16(19-5-4-18-15)27-12-11-26-14-3-2-6-22(24)13-14/h2-6,13H,7-12H2,1H3. The maximum Gasteiger partial charge on any atom is 0.409 e. The zero-order chi connectivity index (χ0) is 19.1. The lowest BCUT2D eigenvalue weighted by Gasteiger charge is -2.34. The van der Waals surface area contributed by atoms with Gasteiger partial charge in [0.25, 0.3) is 5.88 Å². The molecule has 27 heavy (non-hydrogen) atoms. The third kappa shape index (κ3) is 4.87. The van der Waals surface area contributed by atoms with E-state index in [-0.39, 0.29) is 19.3 Å². The number of carbonyl (C=O) groups excluding carboxylic acids is 1. The number of nitrogens with zero attached hydrogens (tertiary/aromatic N) is 5. The Balaban J connectivity index is 1.53. The smallest absolute Gasteiger partial charge is 0.409 e. The van der Waals surface area contributed by atoms with Crippen LogP contribution in [-0.2, 0) is 4.74 Å². The molecule has 1 amide bonds. The Morgan fingerprint density at radius 1 is 1.19 bits per heavy atom. The summed E-state index contributed by atoms with van der Waals surface area (Å²) in [4.78, 5) is 23.8. The van der Waals surface area contributed by atoms with Gasteiger partial charge in [0.2, 0.25) is 6.20 Å². The number of piperazine rings is 1. The molecule has 2 aromatic rings. The fourth-order valence-electron chi connectivity index (χ4n) is 2.68. The molecule has 2 aromatic heterocycles. The minimum absolute atomic E-state index is 0.252. The van der Waals surface area contributed by atoms with Crippen LogP contribution in [0.2, 0.25) is 0 Å². The van der Waals surface area contributed by atoms with E-state index in [1.54, 1.807) is 29.4 Å². The number of anilines is 1. The molecule has 1 fully saturated rings. The molecule has 0 unspecified atom stereocenters. The molecule has 10 nitrogen and oxygen atoms in total. The van der Waals surface area contributed by atoms with E-state index < -0.39 is 0 Å². The molecule has 0 aliphatic carbocycles. The maximum atomic E-state index is 11.6. The minimum Gasteiger partial charge on any atom is -0.619 e. The zero-order valence-corrected chi connectivity index (χ0v) is 15.0. The predicted molar refractivity (Wildman–Crippen MR) is 94.6 cm³/mol. The Morgan fingerprint density at radius 3 is 2.67 bits per heavy atom. The molecule has 1 saturated heterocycles. The van der Waals surface area contributed by atoms with Gasteiger partial charge in [-0.05, 0) is 6.07 Å². The van der Waals surface area contributed by atoms with Crippen molar-refractivity contribution in [2.45, 2.75) is 0 Å². The van der Waals surface area contributed by atoms with Crippen LogP contribution >= 0.6 is 0 Å². The average Bonchev–Trinajstić information content (AvgIpc) is 2.71. The summed E-state index contributed by atoms with van der Waals surface area (Å²) in [6.07, 6.45) is 5.55. The van der Waals surface area contributed by atoms with Gasteiger partial charge in [-0.15, -0.1) is 0 Å². The van der Waals surface area contributed by atoms with Gasteiger partial charge < -0.3 is 29.2 Å². The highest BCUT2D eigenvalue weighted by molar-refractivity contribution is 5.68. The summed E-state index contributed by atoms with van der Waals surface area (Å²) >= 11 is 0. The first kappa shape index (κ1) is 18.5. The molecule has 1 aliphatic rings. The molecule has 0 N–H and O–H groups in total. The molecule has 0 saturated carbocycles. The van der Waals surface area contributed by atoms with Crippen LogP contribution in [0.4, 0.5) is 10.6 Å². The maximum absolute atomic E-state index is 11.6. The second-order valence-corrected chi connectivity index (χ2v) is 5.73. The summed E-state index contributed by atoms with van der Waals surface area (Å²) in [5.41, 5.74) is 0. The topological polar surface area (TPSA) is 104 Å². The molecule has 0 atom stereocenters. The Morgan fingerprint density at radius 2 is 1.93 bits per heavy atom. The van der Waals surface area contributed by atoms with E-state index in [9.17, 15) is 10.0 Å². The normalized spacial score (nSPS) is 14.0. The van der Waals surface area contributed by atoms with Crippen molar-refractivity contribution in [3.8, 4) is 11.6 Å². The van der Waals surface area contributed by atoms with Crippen LogP contribution in [0.25, 0.3) is 0 Å². The van der Waals surface area contributed by atoms with Gasteiger partial charge in [0, 0.05) is 44.6 Å². The van der Waals surface area contributed by atoms with E-state index in [1.165, 1.54) is 19.5 Å². The second kappa shape index (κ2) is 8.88. The lowest BCUT2D eigenvalue weighted by atomic mass is 10.3. The summed E-state index contributed by atoms with van der Waals surface area (Å²) in [5, 5.41) is 11.2. The number of methoxy groups -OCH3 is 1. The van der Waals surface area contributed by atoms with E-state index in [4.69, 9.17) is 14.2 Å². The van der Waals surface area contributed by atoms with E-state index in [1.807, 2.05) is 4.90 Å². The predicted octanol–water partition coefficient (Wildman–Crippen LogP) is 0.456. The molecule has 144 valence electrons. The molecule has 3 rings (SSSR count). The van der Waals surface area contributed by atoms with Gasteiger partial charge in [0.1, 0.15) is 13.2 Å². The van der Waals surface area contributed by atoms with Gasteiger partial charge in [-0.3, -0.25) is 0 Å². The molecule has 0 bridgehead atoms. The number of carbonyl (C=O) groups is 1. The van der Waals surface area contributed by atoms with Crippen LogP contribution < -0.4 is 19.1 Å². The van der Waals surface area contributed by atoms with Crippen molar-refractivity contribution < 1.29 is 23.7 Å². The van der Waals surface area contributed by atoms with Crippen molar-refractivity contribution in [2.75, 3.05) is 51.4 Å². The summed E-state index contributed by atoms with van der Waals surface area (Å²) in [5.74, 6) is 1.49. The Hall–Kier alpha value is -3.30. The number of aromatic nitrogens is 3. The van der Waals surface area contributed by atoms with E-state index in [2.05, 4.69) is 9.97 Å². The van der Waals surface area contributed by atoms with Gasteiger partial charge in [-0.25, -0.2) is 14.8 Å². The van der Waals surface area contributed by atoms with Gasteiger partial charge in [0.05, 0.1) is 7.11 Å². The number of ether oxygens (including phenoxy) is 3. The van der Waals surface area contributed by atoms with E-state index in [0.29, 0.717) is 48.4 Å². The van der Waals surface area contributed by atoms with Crippen LogP contribution in [0.3, 0.4) is 0 Å². The first-order valence-corrected chi connectivity index (χ1v) is 8.50. The van der Waals surface area contributed by atoms with Crippen LogP contribution in [0, 0.1) is 5.21 Å². The summed E-state index contributed by atoms with van der Waals surface area (Å²) < 4.78 is 16.6. The van der Waals surface area contributed by atoms with E-state index >= 15 is 0 Å². The highest BCUT2D eigenvalue weighted by atomic mass is 16.5. The van der Waals surface area contributed by atoms with Crippen LogP contribution in [0.5, 0.6) is 11.6 Å². The molecule has 1 aliphatic heterocycles. The Bertz CT molecular complexity index is 767. The number of amides is 1. The monoisotopic (exact) mass is 375 g/mol. The lowest BCUT2D eigenvalue weighted by molar-refractivity contribution is -0.605. The van der Waals surface area contributed by atoms with Gasteiger partial charge in [-0.1, -0.05) is 0 Å². The molecule has 3 heterocycles. The zero-order valence-electron chi connectivity index (χ0n) is 15.0. The van der Waals surface area contributed by atoms with Crippen LogP contribution in [-0.4, -0.2) is 67.5 Å². The molecule has 10 heteroatoms. The quantitative estimate of drug-likeness (QED) is 0.407. The summed E-state index contributed by atoms with van der Waals surface area (Å²) in [6, 6.07) is 3.31. The molecular formula is C17H21N5O5. The SMILES string of the molecule is COC(=O)N1CCN(c2nccnc2OCCOc2ccc[n+]([O-])c2)CC1. The van der Waals surface area contributed by atoms with Gasteiger partial charge in [0.15, 0.2) is 17.8 Å². The number of rotatable bonds is 6. The fraction of sp³-hybridized carbons (Fsp3) is 0.412. The number of pyridine rings is 1. The third-order valence-corrected chi connectivity index (χ3v) is 4.00. The number of hydrogen-bond acceptors (Lipinski definition) is 8. The van der Waals surface area contributed by atoms with Crippen LogP contribution in [0.1, 0.15) is 0 Å². The minimum atomic E-state index is -0.331. The lowest BCUT2D eigenvalue weighted by Crippen LogP contribution is -2.49. The van der Waals surface area contributed by atoms with Crippen LogP contribution in [0.15, 0.2) is 36.9 Å². The molecule has 0 radical (unpaired) electrons. The van der Waals surface area contributed by atoms with Crippen molar-refractivity contribution in [3.63, 3.8) is 0 Å². The second-order valence-electron chi connectivity index (χ2n) is 5.73. The van der Waals surface area contributed by atoms with Crippen molar-refractivity contribution in [3.05, 3.63) is 42.1 Å². The van der Waals surface area contributed by atoms with Gasteiger partial charge >= 0.3 is 6.09 Å². The largest absolute Gasteiger partial charge is 0.619 e. The fourth-order valence-corrected chi connectivity index (χ4v) is 2.68. The number of hydrogen-bond donors (Lipinski definition) is 0. The average molecular weight is 375 g/mol. The van der Waals surface area contributed by atoms with Crippen molar-refractivity contribution in [1.82, 2.24) is 14.9 Å². The van der Waals surface area contributed by atoms with Crippen molar-refractivity contribution in [1.29, 1.82) is 0 Å². The Kier molecular flexibility index (Phi) is 6.08. The van der Waals surface area contributed by atoms with Crippen molar-refractivity contribution in [2.24, 2.45) is 0 Å².